The molecule has 19 heavy (non-hydrogen) atoms. The highest BCUT2D eigenvalue weighted by molar-refractivity contribution is 4.92. The Bertz CT molecular complexity index is 279. The quantitative estimate of drug-likeness (QED) is 0.737. The van der Waals surface area contributed by atoms with Gasteiger partial charge in [-0.05, 0) is 61.8 Å². The molecule has 110 valence electrons. The van der Waals surface area contributed by atoms with Gasteiger partial charge in [0.15, 0.2) is 0 Å². The summed E-state index contributed by atoms with van der Waals surface area (Å²) in [5.41, 5.74) is 0. The van der Waals surface area contributed by atoms with E-state index in [0.717, 1.165) is 29.6 Å². The molecule has 1 N–H and O–H groups in total. The third-order valence-corrected chi connectivity index (χ3v) is 6.34. The van der Waals surface area contributed by atoms with Gasteiger partial charge in [-0.1, -0.05) is 46.0 Å². The predicted octanol–water partition coefficient (Wildman–Crippen LogP) is 4.62. The van der Waals surface area contributed by atoms with Gasteiger partial charge in [0.1, 0.15) is 0 Å². The fourth-order valence-electron chi connectivity index (χ4n) is 5.31. The molecule has 3 fully saturated rings. The van der Waals surface area contributed by atoms with Crippen LogP contribution in [0.4, 0.5) is 0 Å². The van der Waals surface area contributed by atoms with E-state index in [1.807, 2.05) is 0 Å². The highest BCUT2D eigenvalue weighted by atomic mass is 14.9. The van der Waals surface area contributed by atoms with Gasteiger partial charge in [-0.3, -0.25) is 0 Å². The lowest BCUT2D eigenvalue weighted by atomic mass is 9.77. The fraction of sp³-hybridized carbons (Fsp3) is 1.00. The fourth-order valence-corrected chi connectivity index (χ4v) is 5.31. The van der Waals surface area contributed by atoms with Crippen LogP contribution in [0.5, 0.6) is 0 Å². The molecule has 0 aromatic heterocycles. The van der Waals surface area contributed by atoms with Crippen LogP contribution < -0.4 is 5.32 Å². The van der Waals surface area contributed by atoms with Crippen LogP contribution in [0.15, 0.2) is 0 Å². The molecule has 0 spiro atoms. The molecule has 0 radical (unpaired) electrons. The maximum Gasteiger partial charge on any atom is 0.00104 e. The molecule has 0 heterocycles. The molecule has 4 atom stereocenters. The van der Waals surface area contributed by atoms with Crippen LogP contribution in [0.1, 0.15) is 71.6 Å². The summed E-state index contributed by atoms with van der Waals surface area (Å²) < 4.78 is 0. The summed E-state index contributed by atoms with van der Waals surface area (Å²) in [7, 11) is 0. The highest BCUT2D eigenvalue weighted by Gasteiger charge is 2.41. The van der Waals surface area contributed by atoms with Crippen LogP contribution in [-0.4, -0.2) is 12.6 Å². The van der Waals surface area contributed by atoms with Crippen LogP contribution >= 0.6 is 0 Å². The Morgan fingerprint density at radius 3 is 2.37 bits per heavy atom. The Morgan fingerprint density at radius 2 is 1.79 bits per heavy atom. The maximum atomic E-state index is 3.74. The first kappa shape index (κ1) is 13.9. The summed E-state index contributed by atoms with van der Waals surface area (Å²) in [5, 5.41) is 3.74. The van der Waals surface area contributed by atoms with Crippen molar-refractivity contribution in [3.63, 3.8) is 0 Å². The zero-order chi connectivity index (χ0) is 13.2. The van der Waals surface area contributed by atoms with Crippen molar-refractivity contribution in [3.8, 4) is 0 Å². The van der Waals surface area contributed by atoms with E-state index in [1.165, 1.54) is 32.2 Å². The summed E-state index contributed by atoms with van der Waals surface area (Å²) in [4.78, 5) is 0. The Balaban J connectivity index is 1.55. The van der Waals surface area contributed by atoms with Crippen molar-refractivity contribution in [1.29, 1.82) is 0 Å². The molecular formula is C18H33N. The Kier molecular flexibility index (Phi) is 4.51. The van der Waals surface area contributed by atoms with Crippen molar-refractivity contribution >= 4 is 0 Å². The first-order valence-corrected chi connectivity index (χ1v) is 8.95. The number of nitrogens with one attached hydrogen (secondary N) is 1. The monoisotopic (exact) mass is 263 g/mol. The van der Waals surface area contributed by atoms with E-state index in [2.05, 4.69) is 19.2 Å². The Morgan fingerprint density at radius 1 is 1.00 bits per heavy atom. The molecule has 0 amide bonds. The maximum absolute atomic E-state index is 3.74. The zero-order valence-corrected chi connectivity index (χ0v) is 13.0. The third-order valence-electron chi connectivity index (χ3n) is 6.34. The number of hydrogen-bond donors (Lipinski definition) is 1. The van der Waals surface area contributed by atoms with Gasteiger partial charge in [0.25, 0.3) is 0 Å². The van der Waals surface area contributed by atoms with Gasteiger partial charge in [-0.25, -0.2) is 0 Å². The van der Waals surface area contributed by atoms with Crippen LogP contribution in [0.3, 0.4) is 0 Å². The van der Waals surface area contributed by atoms with Crippen molar-refractivity contribution in [2.75, 3.05) is 6.54 Å². The second kappa shape index (κ2) is 6.16. The van der Waals surface area contributed by atoms with Crippen LogP contribution in [0.2, 0.25) is 0 Å². The summed E-state index contributed by atoms with van der Waals surface area (Å²) in [6, 6.07) is 0.656. The van der Waals surface area contributed by atoms with Gasteiger partial charge >= 0.3 is 0 Å². The molecule has 3 aliphatic rings. The van der Waals surface area contributed by atoms with Gasteiger partial charge < -0.3 is 5.32 Å². The average Bonchev–Trinajstić information content (AvgIpc) is 3.09. The van der Waals surface area contributed by atoms with Crippen molar-refractivity contribution < 1.29 is 0 Å². The summed E-state index contributed by atoms with van der Waals surface area (Å²) >= 11 is 0. The van der Waals surface area contributed by atoms with E-state index >= 15 is 0 Å². The first-order valence-electron chi connectivity index (χ1n) is 8.95. The van der Waals surface area contributed by atoms with Crippen molar-refractivity contribution in [3.05, 3.63) is 0 Å². The van der Waals surface area contributed by atoms with E-state index in [1.54, 1.807) is 32.1 Å². The number of hydrogen-bond acceptors (Lipinski definition) is 1. The number of fused-ring (bicyclic) bond motifs is 2. The second-order valence-electron chi connectivity index (χ2n) is 8.04. The number of rotatable bonds is 6. The molecule has 3 rings (SSSR count). The predicted molar refractivity (Wildman–Crippen MR) is 82.1 cm³/mol. The molecule has 3 saturated carbocycles. The minimum Gasteiger partial charge on any atom is -0.314 e. The lowest BCUT2D eigenvalue weighted by Gasteiger charge is -2.31. The van der Waals surface area contributed by atoms with E-state index in [0.29, 0.717) is 6.04 Å². The minimum atomic E-state index is 0.656. The largest absolute Gasteiger partial charge is 0.314 e. The van der Waals surface area contributed by atoms with E-state index in [4.69, 9.17) is 0 Å². The summed E-state index contributed by atoms with van der Waals surface area (Å²) in [6.07, 6.45) is 13.9. The van der Waals surface area contributed by atoms with Gasteiger partial charge in [0, 0.05) is 6.04 Å². The molecule has 2 bridgehead atoms. The topological polar surface area (TPSA) is 12.0 Å². The molecule has 4 unspecified atom stereocenters. The first-order chi connectivity index (χ1) is 9.22. The van der Waals surface area contributed by atoms with Gasteiger partial charge in [0.2, 0.25) is 0 Å². The summed E-state index contributed by atoms with van der Waals surface area (Å²) in [5.74, 6) is 5.36. The molecule has 1 heteroatoms. The molecular weight excluding hydrogens is 230 g/mol. The zero-order valence-electron chi connectivity index (χ0n) is 13.0. The van der Waals surface area contributed by atoms with Gasteiger partial charge in [-0.15, -0.1) is 0 Å². The lowest BCUT2D eigenvalue weighted by molar-refractivity contribution is 0.210. The molecule has 3 aliphatic carbocycles. The molecule has 0 aromatic rings. The van der Waals surface area contributed by atoms with Crippen molar-refractivity contribution in [1.82, 2.24) is 5.32 Å². The Hall–Kier alpha value is -0.0400. The van der Waals surface area contributed by atoms with Gasteiger partial charge in [-0.2, -0.15) is 0 Å². The summed E-state index contributed by atoms with van der Waals surface area (Å²) in [6.45, 7) is 5.88. The van der Waals surface area contributed by atoms with E-state index < -0.39 is 0 Å². The van der Waals surface area contributed by atoms with Gasteiger partial charge in [0.05, 0.1) is 0 Å². The normalized spacial score (nSPS) is 36.5. The molecule has 0 aliphatic heterocycles. The minimum absolute atomic E-state index is 0.656. The molecule has 0 saturated heterocycles. The van der Waals surface area contributed by atoms with Crippen LogP contribution in [0, 0.1) is 29.6 Å². The van der Waals surface area contributed by atoms with Crippen LogP contribution in [-0.2, 0) is 0 Å². The SMILES string of the molecule is CC(C)NCC(CC1CC2CCC1C2)C1CCCC1. The Labute approximate surface area is 119 Å². The second-order valence-corrected chi connectivity index (χ2v) is 8.04. The average molecular weight is 263 g/mol. The third kappa shape index (κ3) is 3.35. The van der Waals surface area contributed by atoms with E-state index in [9.17, 15) is 0 Å². The van der Waals surface area contributed by atoms with Crippen LogP contribution in [0.25, 0.3) is 0 Å². The molecule has 0 aromatic carbocycles. The van der Waals surface area contributed by atoms with Crippen molar-refractivity contribution in [2.24, 2.45) is 29.6 Å². The molecule has 1 nitrogen and oxygen atoms in total. The lowest BCUT2D eigenvalue weighted by Crippen LogP contribution is -2.33. The standard InChI is InChI=1S/C18H33N/c1-13(2)19-12-18(15-5-3-4-6-15)11-17-10-14-7-8-16(17)9-14/h13-19H,3-12H2,1-2H3. The smallest absolute Gasteiger partial charge is 0.00104 e. The highest BCUT2D eigenvalue weighted by Crippen LogP contribution is 2.51. The van der Waals surface area contributed by atoms with Crippen molar-refractivity contribution in [2.45, 2.75) is 77.7 Å². The van der Waals surface area contributed by atoms with E-state index in [-0.39, 0.29) is 0 Å².